The highest BCUT2D eigenvalue weighted by Gasteiger charge is 2.58. The van der Waals surface area contributed by atoms with Crippen LogP contribution in [0.5, 0.6) is 5.75 Å². The molecule has 0 amide bonds. The molecule has 0 bridgehead atoms. The maximum Gasteiger partial charge on any atom is 0.214 e. The van der Waals surface area contributed by atoms with Crippen LogP contribution < -0.4 is 0 Å². The number of Topliss-reactive ketones (excluding diaryl/α,β-unsaturated/α-hetero) is 1. The van der Waals surface area contributed by atoms with Crippen molar-refractivity contribution in [2.75, 3.05) is 11.5 Å². The van der Waals surface area contributed by atoms with Crippen LogP contribution in [0.1, 0.15) is 39.7 Å². The lowest BCUT2D eigenvalue weighted by Gasteiger charge is -2.47. The molecule has 3 rings (SSSR count). The summed E-state index contributed by atoms with van der Waals surface area (Å²) >= 11 is 3.46. The Balaban J connectivity index is 2.08. The van der Waals surface area contributed by atoms with Gasteiger partial charge in [0, 0.05) is 5.56 Å². The molecule has 1 atom stereocenters. The number of rotatable bonds is 6. The number of para-hydroxylation sites is 1. The Hall–Kier alpha value is -1.27. The number of allylic oxidation sites excluding steroid dienone is 2. The first-order valence-corrected chi connectivity index (χ1v) is 11.0. The fraction of sp³-hybridized carbons (Fsp3) is 0.550. The maximum absolute atomic E-state index is 13.1. The second-order valence-corrected chi connectivity index (χ2v) is 10.00. The number of phenolic OH excluding ortho intramolecular Hbond substituents is 1. The number of thioether (sulfide) groups is 2. The number of hydrogen-bond acceptors (Lipinski definition) is 6. The van der Waals surface area contributed by atoms with E-state index in [1.54, 1.807) is 29.6 Å². The van der Waals surface area contributed by atoms with E-state index in [4.69, 9.17) is 9.47 Å². The first-order valence-electron chi connectivity index (χ1n) is 9.05. The van der Waals surface area contributed by atoms with E-state index in [0.717, 1.165) is 23.5 Å². The number of carbonyl (C=O) groups is 1. The van der Waals surface area contributed by atoms with Gasteiger partial charge in [0.05, 0.1) is 12.2 Å². The van der Waals surface area contributed by atoms with E-state index in [9.17, 15) is 9.90 Å². The average molecular weight is 395 g/mol. The molecule has 26 heavy (non-hydrogen) atoms. The van der Waals surface area contributed by atoms with Crippen molar-refractivity contribution >= 4 is 29.3 Å². The zero-order chi connectivity index (χ0) is 18.9. The molecule has 1 aromatic rings. The number of phenols is 1. The van der Waals surface area contributed by atoms with Crippen molar-refractivity contribution in [3.05, 3.63) is 41.3 Å². The van der Waals surface area contributed by atoms with Gasteiger partial charge in [0.2, 0.25) is 11.5 Å². The molecule has 142 valence electrons. The fourth-order valence-corrected chi connectivity index (χ4v) is 6.91. The lowest BCUT2D eigenvalue weighted by Crippen LogP contribution is -2.47. The second kappa shape index (κ2) is 7.77. The molecule has 0 saturated carbocycles. The molecule has 4 nitrogen and oxygen atoms in total. The molecule has 0 spiro atoms. The highest BCUT2D eigenvalue weighted by Crippen LogP contribution is 2.62. The number of carbonyl (C=O) groups excluding carboxylic acids is 1. The summed E-state index contributed by atoms with van der Waals surface area (Å²) in [6.07, 6.45) is 0.949. The minimum atomic E-state index is -0.575. The molecule has 2 aliphatic rings. The molecule has 1 aliphatic carbocycles. The van der Waals surface area contributed by atoms with Gasteiger partial charge in [0.25, 0.3) is 0 Å². The summed E-state index contributed by atoms with van der Waals surface area (Å²) in [5.74, 6) is 2.62. The van der Waals surface area contributed by atoms with Crippen molar-refractivity contribution < 1.29 is 19.4 Å². The van der Waals surface area contributed by atoms with Crippen LogP contribution in [-0.2, 0) is 18.3 Å². The molecule has 6 heteroatoms. The van der Waals surface area contributed by atoms with Crippen LogP contribution in [0.2, 0.25) is 0 Å². The average Bonchev–Trinajstić information content (AvgIpc) is 2.60. The molecule has 1 aromatic carbocycles. The molecule has 1 heterocycles. The van der Waals surface area contributed by atoms with E-state index in [-0.39, 0.29) is 23.7 Å². The van der Waals surface area contributed by atoms with Crippen LogP contribution in [0, 0.1) is 5.92 Å². The van der Waals surface area contributed by atoms with Gasteiger partial charge in [0.1, 0.15) is 15.7 Å². The lowest BCUT2D eigenvalue weighted by atomic mass is 9.81. The maximum atomic E-state index is 13.1. The fourth-order valence-electron chi connectivity index (χ4n) is 3.29. The number of ether oxygens (including phenoxy) is 2. The number of aromatic hydroxyl groups is 1. The Morgan fingerprint density at radius 2 is 1.69 bits per heavy atom. The molecular formula is C20H26O4S2. The lowest BCUT2D eigenvalue weighted by molar-refractivity contribution is -0.130. The first-order chi connectivity index (χ1) is 12.4. The summed E-state index contributed by atoms with van der Waals surface area (Å²) in [6, 6.07) is 7.33. The molecule has 0 radical (unpaired) electrons. The van der Waals surface area contributed by atoms with Gasteiger partial charge in [0.15, 0.2) is 5.76 Å². The van der Waals surface area contributed by atoms with Crippen molar-refractivity contribution in [2.24, 2.45) is 5.92 Å². The van der Waals surface area contributed by atoms with Gasteiger partial charge < -0.3 is 14.6 Å². The Morgan fingerprint density at radius 1 is 1.08 bits per heavy atom. The third-order valence-corrected chi connectivity index (χ3v) is 7.73. The minimum Gasteiger partial charge on any atom is -0.508 e. The van der Waals surface area contributed by atoms with Crippen LogP contribution in [-0.4, -0.2) is 34.6 Å². The summed E-state index contributed by atoms with van der Waals surface area (Å²) in [5, 5.41) is 10.5. The van der Waals surface area contributed by atoms with Crippen molar-refractivity contribution in [3.63, 3.8) is 0 Å². The van der Waals surface area contributed by atoms with Gasteiger partial charge >= 0.3 is 0 Å². The molecule has 1 N–H and O–H groups in total. The van der Waals surface area contributed by atoms with E-state index in [2.05, 4.69) is 0 Å². The largest absolute Gasteiger partial charge is 0.508 e. The number of benzene rings is 1. The highest BCUT2D eigenvalue weighted by atomic mass is 32.2. The van der Waals surface area contributed by atoms with Crippen molar-refractivity contribution in [2.45, 2.75) is 50.4 Å². The predicted molar refractivity (Wildman–Crippen MR) is 107 cm³/mol. The summed E-state index contributed by atoms with van der Waals surface area (Å²) in [7, 11) is 0. The van der Waals surface area contributed by atoms with Crippen LogP contribution >= 0.6 is 23.5 Å². The summed E-state index contributed by atoms with van der Waals surface area (Å²) < 4.78 is 11.2. The van der Waals surface area contributed by atoms with Gasteiger partial charge in [-0.15, -0.1) is 23.5 Å². The SMILES string of the molecule is CC(C)OC1=C(OC(C)C)C(C2(c3ccccc3O)SCCCS2)C1=O. The standard InChI is InChI=1S/C20H26O4S2/c1-12(2)23-18-16(17(22)19(18)24-13(3)4)20(25-10-7-11-26-20)14-8-5-6-9-15(14)21/h5-6,8-9,12-13,16,21H,7,10-11H2,1-4H3. The molecule has 1 unspecified atom stereocenters. The normalized spacial score (nSPS) is 22.5. The van der Waals surface area contributed by atoms with Crippen LogP contribution in [0.4, 0.5) is 0 Å². The molecule has 1 fully saturated rings. The number of ketones is 1. The zero-order valence-electron chi connectivity index (χ0n) is 15.7. The molecule has 1 aliphatic heterocycles. The Morgan fingerprint density at radius 3 is 2.27 bits per heavy atom. The summed E-state index contributed by atoms with van der Waals surface area (Å²) in [6.45, 7) is 7.72. The van der Waals surface area contributed by atoms with Crippen molar-refractivity contribution in [1.82, 2.24) is 0 Å². The molecule has 1 saturated heterocycles. The van der Waals surface area contributed by atoms with Crippen molar-refractivity contribution in [3.8, 4) is 5.75 Å². The van der Waals surface area contributed by atoms with Crippen LogP contribution in [0.3, 0.4) is 0 Å². The Kier molecular flexibility index (Phi) is 5.82. The highest BCUT2D eigenvalue weighted by molar-refractivity contribution is 8.18. The van der Waals surface area contributed by atoms with E-state index in [0.29, 0.717) is 11.5 Å². The van der Waals surface area contributed by atoms with Gasteiger partial charge in [-0.3, -0.25) is 4.79 Å². The van der Waals surface area contributed by atoms with Crippen LogP contribution in [0.25, 0.3) is 0 Å². The smallest absolute Gasteiger partial charge is 0.214 e. The van der Waals surface area contributed by atoms with E-state index in [1.165, 1.54) is 0 Å². The quantitative estimate of drug-likeness (QED) is 0.756. The van der Waals surface area contributed by atoms with E-state index in [1.807, 2.05) is 45.9 Å². The zero-order valence-corrected chi connectivity index (χ0v) is 17.3. The summed E-state index contributed by atoms with van der Waals surface area (Å²) in [4.78, 5) is 13.1. The Bertz CT molecular complexity index is 706. The summed E-state index contributed by atoms with van der Waals surface area (Å²) in [5.41, 5.74) is 0.793. The number of hydrogen-bond donors (Lipinski definition) is 1. The van der Waals surface area contributed by atoms with Gasteiger partial charge in [-0.1, -0.05) is 18.2 Å². The van der Waals surface area contributed by atoms with Crippen molar-refractivity contribution in [1.29, 1.82) is 0 Å². The third-order valence-electron chi connectivity index (χ3n) is 4.27. The Labute approximate surface area is 163 Å². The molecular weight excluding hydrogens is 368 g/mol. The first kappa shape index (κ1) is 19.5. The van der Waals surface area contributed by atoms with Gasteiger partial charge in [-0.25, -0.2) is 0 Å². The molecule has 0 aromatic heterocycles. The van der Waals surface area contributed by atoms with E-state index >= 15 is 0 Å². The predicted octanol–water partition coefficient (Wildman–Crippen LogP) is 4.68. The topological polar surface area (TPSA) is 55.8 Å². The third kappa shape index (κ3) is 3.46. The minimum absolute atomic E-state index is 0.0282. The van der Waals surface area contributed by atoms with Gasteiger partial charge in [-0.05, 0) is 51.7 Å². The van der Waals surface area contributed by atoms with Gasteiger partial charge in [-0.2, -0.15) is 0 Å². The monoisotopic (exact) mass is 394 g/mol. The van der Waals surface area contributed by atoms with Crippen LogP contribution in [0.15, 0.2) is 35.8 Å². The second-order valence-electron chi connectivity index (χ2n) is 7.06. The van der Waals surface area contributed by atoms with E-state index < -0.39 is 10.00 Å².